The molecule has 0 spiro atoms. The highest BCUT2D eigenvalue weighted by atomic mass is 16.3. The summed E-state index contributed by atoms with van der Waals surface area (Å²) in [5, 5.41) is 28.5. The van der Waals surface area contributed by atoms with Gasteiger partial charge in [0.15, 0.2) is 0 Å². The molecule has 0 bridgehead atoms. The summed E-state index contributed by atoms with van der Waals surface area (Å²) < 4.78 is 0. The van der Waals surface area contributed by atoms with E-state index in [1.807, 2.05) is 0 Å². The SMILES string of the molecule is NCCC(O)C(O)c1ccccc1CO. The minimum atomic E-state index is -0.989. The Morgan fingerprint density at radius 2 is 1.87 bits per heavy atom. The summed E-state index contributed by atoms with van der Waals surface area (Å²) in [5.41, 5.74) is 6.48. The van der Waals surface area contributed by atoms with Crippen LogP contribution in [0.3, 0.4) is 0 Å². The van der Waals surface area contributed by atoms with Gasteiger partial charge in [-0.3, -0.25) is 0 Å². The van der Waals surface area contributed by atoms with Gasteiger partial charge < -0.3 is 21.1 Å². The lowest BCUT2D eigenvalue weighted by Crippen LogP contribution is -2.22. The highest BCUT2D eigenvalue weighted by Crippen LogP contribution is 2.22. The van der Waals surface area contributed by atoms with E-state index in [9.17, 15) is 10.2 Å². The molecule has 4 heteroatoms. The molecule has 2 atom stereocenters. The number of hydrogen-bond donors (Lipinski definition) is 4. The summed E-state index contributed by atoms with van der Waals surface area (Å²) in [4.78, 5) is 0. The highest BCUT2D eigenvalue weighted by molar-refractivity contribution is 5.29. The molecule has 0 aliphatic carbocycles. The van der Waals surface area contributed by atoms with Gasteiger partial charge in [0.2, 0.25) is 0 Å². The number of aliphatic hydroxyl groups is 3. The molecular formula is C11H17NO3. The second-order valence-corrected chi connectivity index (χ2v) is 3.45. The van der Waals surface area contributed by atoms with E-state index in [1.165, 1.54) is 0 Å². The van der Waals surface area contributed by atoms with Crippen molar-refractivity contribution in [2.24, 2.45) is 5.73 Å². The summed E-state index contributed by atoms with van der Waals surface area (Å²) in [7, 11) is 0. The van der Waals surface area contributed by atoms with Crippen LogP contribution in [0.4, 0.5) is 0 Å². The smallest absolute Gasteiger partial charge is 0.105 e. The Balaban J connectivity index is 2.84. The number of benzene rings is 1. The van der Waals surface area contributed by atoms with Gasteiger partial charge in [0.25, 0.3) is 0 Å². The zero-order valence-electron chi connectivity index (χ0n) is 8.50. The molecule has 4 nitrogen and oxygen atoms in total. The molecule has 0 saturated heterocycles. The third kappa shape index (κ3) is 3.00. The molecule has 1 rings (SSSR count). The van der Waals surface area contributed by atoms with E-state index in [0.29, 0.717) is 24.1 Å². The molecule has 0 aliphatic heterocycles. The van der Waals surface area contributed by atoms with E-state index in [1.54, 1.807) is 24.3 Å². The molecule has 0 heterocycles. The zero-order chi connectivity index (χ0) is 11.3. The van der Waals surface area contributed by atoms with Crippen LogP contribution in [-0.4, -0.2) is 28.0 Å². The zero-order valence-corrected chi connectivity index (χ0v) is 8.50. The van der Waals surface area contributed by atoms with E-state index in [0.717, 1.165) is 0 Å². The number of nitrogens with two attached hydrogens (primary N) is 1. The van der Waals surface area contributed by atoms with Crippen LogP contribution in [0, 0.1) is 0 Å². The fraction of sp³-hybridized carbons (Fsp3) is 0.455. The lowest BCUT2D eigenvalue weighted by molar-refractivity contribution is 0.0139. The third-order valence-corrected chi connectivity index (χ3v) is 2.37. The van der Waals surface area contributed by atoms with Crippen molar-refractivity contribution in [3.8, 4) is 0 Å². The van der Waals surface area contributed by atoms with Gasteiger partial charge in [0, 0.05) is 0 Å². The largest absolute Gasteiger partial charge is 0.392 e. The minimum Gasteiger partial charge on any atom is -0.392 e. The lowest BCUT2D eigenvalue weighted by Gasteiger charge is -2.19. The first kappa shape index (κ1) is 12.1. The first-order chi connectivity index (χ1) is 7.20. The van der Waals surface area contributed by atoms with Crippen LogP contribution in [0.15, 0.2) is 24.3 Å². The average molecular weight is 211 g/mol. The molecule has 5 N–H and O–H groups in total. The van der Waals surface area contributed by atoms with E-state index >= 15 is 0 Å². The van der Waals surface area contributed by atoms with Gasteiger partial charge >= 0.3 is 0 Å². The first-order valence-electron chi connectivity index (χ1n) is 4.95. The van der Waals surface area contributed by atoms with Crippen molar-refractivity contribution in [1.82, 2.24) is 0 Å². The molecule has 0 radical (unpaired) electrons. The molecule has 0 amide bonds. The fourth-order valence-corrected chi connectivity index (χ4v) is 1.50. The van der Waals surface area contributed by atoms with Crippen molar-refractivity contribution in [1.29, 1.82) is 0 Å². The molecule has 0 fully saturated rings. The predicted octanol–water partition coefficient (Wildman–Crippen LogP) is -0.0780. The van der Waals surface area contributed by atoms with E-state index < -0.39 is 12.2 Å². The molecule has 1 aromatic carbocycles. The summed E-state index contributed by atoms with van der Waals surface area (Å²) in [6.45, 7) is 0.169. The second-order valence-electron chi connectivity index (χ2n) is 3.45. The first-order valence-corrected chi connectivity index (χ1v) is 4.95. The molecule has 0 aliphatic rings. The number of aliphatic hydroxyl groups excluding tert-OH is 3. The normalized spacial score (nSPS) is 14.9. The molecule has 1 aromatic rings. The quantitative estimate of drug-likeness (QED) is 0.549. The van der Waals surface area contributed by atoms with Gasteiger partial charge in [-0.05, 0) is 24.1 Å². The topological polar surface area (TPSA) is 86.7 Å². The van der Waals surface area contributed by atoms with Crippen LogP contribution in [0.1, 0.15) is 23.7 Å². The monoisotopic (exact) mass is 211 g/mol. The van der Waals surface area contributed by atoms with Gasteiger partial charge in [-0.25, -0.2) is 0 Å². The Morgan fingerprint density at radius 1 is 1.20 bits per heavy atom. The van der Waals surface area contributed by atoms with Crippen molar-refractivity contribution in [2.75, 3.05) is 6.54 Å². The highest BCUT2D eigenvalue weighted by Gasteiger charge is 2.19. The van der Waals surface area contributed by atoms with Crippen LogP contribution in [-0.2, 0) is 6.61 Å². The molecule has 15 heavy (non-hydrogen) atoms. The maximum Gasteiger partial charge on any atom is 0.105 e. The Bertz CT molecular complexity index is 304. The summed E-state index contributed by atoms with van der Waals surface area (Å²) in [6.07, 6.45) is -1.54. The second kappa shape index (κ2) is 5.82. The Morgan fingerprint density at radius 3 is 2.47 bits per heavy atom. The van der Waals surface area contributed by atoms with Crippen molar-refractivity contribution >= 4 is 0 Å². The Labute approximate surface area is 89.0 Å². The molecule has 0 saturated carbocycles. The van der Waals surface area contributed by atoms with E-state index in [4.69, 9.17) is 10.8 Å². The molecule has 0 aromatic heterocycles. The van der Waals surface area contributed by atoms with Crippen LogP contribution >= 0.6 is 0 Å². The van der Waals surface area contributed by atoms with Crippen LogP contribution in [0.2, 0.25) is 0 Å². The molecule has 2 unspecified atom stereocenters. The van der Waals surface area contributed by atoms with Gasteiger partial charge in [0.1, 0.15) is 6.10 Å². The number of hydrogen-bond acceptors (Lipinski definition) is 4. The Kier molecular flexibility index (Phi) is 4.71. The number of rotatable bonds is 5. The van der Waals surface area contributed by atoms with E-state index in [-0.39, 0.29) is 6.61 Å². The molecular weight excluding hydrogens is 194 g/mol. The fourth-order valence-electron chi connectivity index (χ4n) is 1.50. The van der Waals surface area contributed by atoms with Crippen LogP contribution < -0.4 is 5.73 Å². The summed E-state index contributed by atoms with van der Waals surface area (Å²) >= 11 is 0. The lowest BCUT2D eigenvalue weighted by atomic mass is 9.97. The maximum atomic E-state index is 9.82. The van der Waals surface area contributed by atoms with Gasteiger partial charge in [-0.2, -0.15) is 0 Å². The van der Waals surface area contributed by atoms with Crippen LogP contribution in [0.25, 0.3) is 0 Å². The average Bonchev–Trinajstić information content (AvgIpc) is 2.28. The standard InChI is InChI=1S/C11H17NO3/c12-6-5-10(14)11(15)9-4-2-1-3-8(9)7-13/h1-4,10-11,13-15H,5-7,12H2. The van der Waals surface area contributed by atoms with Crippen molar-refractivity contribution < 1.29 is 15.3 Å². The van der Waals surface area contributed by atoms with Gasteiger partial charge in [-0.15, -0.1) is 0 Å². The van der Waals surface area contributed by atoms with Gasteiger partial charge in [0.05, 0.1) is 12.7 Å². The Hall–Kier alpha value is -0.940. The minimum absolute atomic E-state index is 0.150. The van der Waals surface area contributed by atoms with Crippen molar-refractivity contribution in [2.45, 2.75) is 25.2 Å². The summed E-state index contributed by atoms with van der Waals surface area (Å²) in [5.74, 6) is 0. The third-order valence-electron chi connectivity index (χ3n) is 2.37. The van der Waals surface area contributed by atoms with Crippen molar-refractivity contribution in [3.05, 3.63) is 35.4 Å². The summed E-state index contributed by atoms with van der Waals surface area (Å²) in [6, 6.07) is 6.94. The van der Waals surface area contributed by atoms with Crippen molar-refractivity contribution in [3.63, 3.8) is 0 Å². The van der Waals surface area contributed by atoms with Gasteiger partial charge in [-0.1, -0.05) is 24.3 Å². The van der Waals surface area contributed by atoms with Crippen LogP contribution in [0.5, 0.6) is 0 Å². The molecule has 84 valence electrons. The van der Waals surface area contributed by atoms with E-state index in [2.05, 4.69) is 0 Å². The maximum absolute atomic E-state index is 9.82. The predicted molar refractivity (Wildman–Crippen MR) is 57.0 cm³/mol.